The molecule has 2 aliphatic heterocycles. The van der Waals surface area contributed by atoms with Crippen molar-refractivity contribution in [2.45, 2.75) is 70.0 Å². The Labute approximate surface area is 196 Å². The number of aliphatic hydroxyl groups excluding tert-OH is 2. The molecular weight excluding hydrogens is 420 g/mol. The number of hydrogen-bond acceptors (Lipinski definition) is 5. The molecule has 2 N–H and O–H groups in total. The lowest BCUT2D eigenvalue weighted by atomic mass is 9.72. The lowest BCUT2D eigenvalue weighted by Crippen LogP contribution is -2.51. The number of likely N-dealkylation sites (N-methyl/N-ethyl adjacent to an activating group) is 1. The topological polar surface area (TPSA) is 90.3 Å². The van der Waals surface area contributed by atoms with Gasteiger partial charge in [-0.15, -0.1) is 0 Å². The molecule has 182 valence electrons. The number of benzene rings is 1. The second-order valence-corrected chi connectivity index (χ2v) is 10.4. The molecule has 1 saturated carbocycles. The smallest absolute Gasteiger partial charge is 0.260 e. The predicted molar refractivity (Wildman–Crippen MR) is 125 cm³/mol. The minimum absolute atomic E-state index is 0.0613. The highest BCUT2D eigenvalue weighted by molar-refractivity contribution is 5.78. The summed E-state index contributed by atoms with van der Waals surface area (Å²) in [5, 5.41) is 21.7. The predicted octanol–water partition coefficient (Wildman–Crippen LogP) is 2.38. The molecule has 7 nitrogen and oxygen atoms in total. The van der Waals surface area contributed by atoms with Crippen LogP contribution in [0.4, 0.5) is 0 Å². The summed E-state index contributed by atoms with van der Waals surface area (Å²) in [5.41, 5.74) is 0.440. The van der Waals surface area contributed by atoms with E-state index in [1.54, 1.807) is 18.0 Å². The van der Waals surface area contributed by atoms with Crippen LogP contribution >= 0.6 is 0 Å². The van der Waals surface area contributed by atoms with E-state index in [4.69, 9.17) is 4.74 Å². The molecule has 0 aromatic heterocycles. The van der Waals surface area contributed by atoms with Crippen LogP contribution in [0.3, 0.4) is 0 Å². The fourth-order valence-corrected chi connectivity index (χ4v) is 5.84. The second-order valence-electron chi connectivity index (χ2n) is 10.4. The van der Waals surface area contributed by atoms with Gasteiger partial charge in [-0.3, -0.25) is 9.59 Å². The lowest BCUT2D eigenvalue weighted by molar-refractivity contribution is -0.139. The van der Waals surface area contributed by atoms with Gasteiger partial charge in [0.15, 0.2) is 6.61 Å². The summed E-state index contributed by atoms with van der Waals surface area (Å²) < 4.78 is 5.78. The summed E-state index contributed by atoms with van der Waals surface area (Å²) in [5.74, 6) is 1.22. The summed E-state index contributed by atoms with van der Waals surface area (Å²) in [6.07, 6.45) is 5.68. The molecule has 0 radical (unpaired) electrons. The highest BCUT2D eigenvalue weighted by Gasteiger charge is 2.41. The van der Waals surface area contributed by atoms with E-state index >= 15 is 0 Å². The standard InChI is InChI=1S/C26H38N2O5/c1-27-18-26(10-12-28(13-11-26)24(31)14-19-6-2-3-7-19)16-22(30)21(29)15-20-8-4-5-9-23(20)33-17-25(27)32/h4-5,8-9,19,21-22,29-30H,2-3,6-7,10-18H2,1H3/t21-,22+/m0/s1. The maximum absolute atomic E-state index is 12.8. The number of nitrogens with zero attached hydrogens (tertiary/aromatic N) is 2. The third-order valence-electron chi connectivity index (χ3n) is 7.95. The molecule has 2 fully saturated rings. The van der Waals surface area contributed by atoms with Crippen LogP contribution in [0, 0.1) is 11.3 Å². The number of fused-ring (bicyclic) bond motifs is 1. The maximum Gasteiger partial charge on any atom is 0.260 e. The Kier molecular flexibility index (Phi) is 7.59. The molecule has 1 aliphatic carbocycles. The van der Waals surface area contributed by atoms with Gasteiger partial charge in [-0.2, -0.15) is 0 Å². The molecule has 2 heterocycles. The normalized spacial score (nSPS) is 26.9. The van der Waals surface area contributed by atoms with Gasteiger partial charge in [-0.25, -0.2) is 0 Å². The van der Waals surface area contributed by atoms with Crippen LogP contribution in [-0.4, -0.2) is 77.3 Å². The summed E-state index contributed by atoms with van der Waals surface area (Å²) >= 11 is 0. The number of likely N-dealkylation sites (tertiary alicyclic amines) is 1. The van der Waals surface area contributed by atoms with Crippen LogP contribution in [0.5, 0.6) is 5.75 Å². The first kappa shape index (κ1) is 24.0. The van der Waals surface area contributed by atoms with Crippen molar-refractivity contribution in [3.8, 4) is 5.75 Å². The van der Waals surface area contributed by atoms with Crippen LogP contribution in [0.1, 0.15) is 56.9 Å². The van der Waals surface area contributed by atoms with Crippen LogP contribution < -0.4 is 4.74 Å². The van der Waals surface area contributed by atoms with Gasteiger partial charge in [0.25, 0.3) is 5.91 Å². The Morgan fingerprint density at radius 3 is 2.55 bits per heavy atom. The molecule has 0 unspecified atom stereocenters. The molecule has 1 aromatic carbocycles. The van der Waals surface area contributed by atoms with Gasteiger partial charge >= 0.3 is 0 Å². The molecule has 33 heavy (non-hydrogen) atoms. The van der Waals surface area contributed by atoms with Gasteiger partial charge in [0, 0.05) is 39.5 Å². The zero-order chi connectivity index (χ0) is 23.4. The van der Waals surface area contributed by atoms with Crippen molar-refractivity contribution in [1.29, 1.82) is 0 Å². The van der Waals surface area contributed by atoms with Gasteiger partial charge in [0.2, 0.25) is 5.91 Å². The molecular formula is C26H38N2O5. The monoisotopic (exact) mass is 458 g/mol. The average molecular weight is 459 g/mol. The van der Waals surface area contributed by atoms with Crippen LogP contribution in [0.15, 0.2) is 24.3 Å². The zero-order valence-corrected chi connectivity index (χ0v) is 19.7. The highest BCUT2D eigenvalue weighted by Crippen LogP contribution is 2.39. The Morgan fingerprint density at radius 2 is 1.82 bits per heavy atom. The van der Waals surface area contributed by atoms with Crippen LogP contribution in [-0.2, 0) is 16.0 Å². The number of carbonyl (C=O) groups is 2. The quantitative estimate of drug-likeness (QED) is 0.710. The Hall–Kier alpha value is -2.12. The Bertz CT molecular complexity index is 830. The number of hydrogen-bond donors (Lipinski definition) is 2. The Balaban J connectivity index is 1.46. The number of para-hydroxylation sites is 1. The summed E-state index contributed by atoms with van der Waals surface area (Å²) in [6, 6.07) is 7.34. The number of rotatable bonds is 2. The first-order chi connectivity index (χ1) is 15.8. The minimum Gasteiger partial charge on any atom is -0.483 e. The van der Waals surface area contributed by atoms with Crippen LogP contribution in [0.25, 0.3) is 0 Å². The van der Waals surface area contributed by atoms with Crippen molar-refractivity contribution in [2.75, 3.05) is 33.3 Å². The fraction of sp³-hybridized carbons (Fsp3) is 0.692. The van der Waals surface area contributed by atoms with Gasteiger partial charge in [0.05, 0.1) is 12.2 Å². The molecule has 2 atom stereocenters. The third-order valence-corrected chi connectivity index (χ3v) is 7.95. The largest absolute Gasteiger partial charge is 0.483 e. The number of carbonyl (C=O) groups excluding carboxylic acids is 2. The fourth-order valence-electron chi connectivity index (χ4n) is 5.84. The van der Waals surface area contributed by atoms with Crippen molar-refractivity contribution < 1.29 is 24.5 Å². The molecule has 4 rings (SSSR count). The average Bonchev–Trinajstić information content (AvgIpc) is 3.31. The molecule has 1 spiro atoms. The van der Waals surface area contributed by atoms with Crippen molar-refractivity contribution in [3.63, 3.8) is 0 Å². The first-order valence-corrected chi connectivity index (χ1v) is 12.4. The first-order valence-electron chi connectivity index (χ1n) is 12.4. The third kappa shape index (κ3) is 5.87. The molecule has 1 saturated heterocycles. The van der Waals surface area contributed by atoms with E-state index in [0.717, 1.165) is 18.4 Å². The maximum atomic E-state index is 12.8. The van der Waals surface area contributed by atoms with E-state index in [-0.39, 0.29) is 30.3 Å². The summed E-state index contributed by atoms with van der Waals surface area (Å²) in [6.45, 7) is 1.69. The van der Waals surface area contributed by atoms with E-state index in [0.29, 0.717) is 57.0 Å². The van der Waals surface area contributed by atoms with Gasteiger partial charge < -0.3 is 24.7 Å². The van der Waals surface area contributed by atoms with Gasteiger partial charge in [-0.05, 0) is 55.1 Å². The van der Waals surface area contributed by atoms with E-state index in [2.05, 4.69) is 0 Å². The molecule has 7 heteroatoms. The Morgan fingerprint density at radius 1 is 1.12 bits per heavy atom. The van der Waals surface area contributed by atoms with Gasteiger partial charge in [0.1, 0.15) is 5.75 Å². The van der Waals surface area contributed by atoms with Gasteiger partial charge in [-0.1, -0.05) is 31.0 Å². The number of ether oxygens (including phenoxy) is 1. The van der Waals surface area contributed by atoms with Crippen LogP contribution in [0.2, 0.25) is 0 Å². The minimum atomic E-state index is -0.922. The van der Waals surface area contributed by atoms with E-state index in [1.807, 2.05) is 23.1 Å². The van der Waals surface area contributed by atoms with E-state index < -0.39 is 12.2 Å². The van der Waals surface area contributed by atoms with E-state index in [9.17, 15) is 19.8 Å². The van der Waals surface area contributed by atoms with Crippen molar-refractivity contribution in [3.05, 3.63) is 29.8 Å². The molecule has 2 amide bonds. The van der Waals surface area contributed by atoms with Crippen molar-refractivity contribution in [2.24, 2.45) is 11.3 Å². The van der Waals surface area contributed by atoms with Crippen molar-refractivity contribution in [1.82, 2.24) is 9.80 Å². The van der Waals surface area contributed by atoms with E-state index in [1.165, 1.54) is 12.8 Å². The lowest BCUT2D eigenvalue weighted by Gasteiger charge is -2.45. The molecule has 1 aromatic rings. The number of amides is 2. The summed E-state index contributed by atoms with van der Waals surface area (Å²) in [4.78, 5) is 29.3. The highest BCUT2D eigenvalue weighted by atomic mass is 16.5. The molecule has 0 bridgehead atoms. The number of aliphatic hydroxyl groups is 2. The summed E-state index contributed by atoms with van der Waals surface area (Å²) in [7, 11) is 1.77. The number of piperidine rings is 1. The molecule has 3 aliphatic rings. The SMILES string of the molecule is CN1CC2(CCN(C(=O)CC3CCCC3)CC2)C[C@@H](O)[C@@H](O)Cc2ccccc2OCC1=O. The zero-order valence-electron chi connectivity index (χ0n) is 19.7. The van der Waals surface area contributed by atoms with Crippen molar-refractivity contribution >= 4 is 11.8 Å². The second kappa shape index (κ2) is 10.4.